The van der Waals surface area contributed by atoms with E-state index in [4.69, 9.17) is 9.15 Å². The van der Waals surface area contributed by atoms with Gasteiger partial charge in [-0.1, -0.05) is 6.92 Å². The molecule has 1 amide bonds. The van der Waals surface area contributed by atoms with Crippen molar-refractivity contribution >= 4 is 5.91 Å². The number of furan rings is 1. The van der Waals surface area contributed by atoms with Crippen LogP contribution in [0, 0.1) is 6.92 Å². The highest BCUT2D eigenvalue weighted by atomic mass is 16.5. The molecular formula is C12H17NO3. The van der Waals surface area contributed by atoms with Gasteiger partial charge in [-0.05, 0) is 25.5 Å². The van der Waals surface area contributed by atoms with E-state index in [1.165, 1.54) is 0 Å². The Bertz CT molecular complexity index is 372. The molecule has 88 valence electrons. The molecule has 1 aliphatic heterocycles. The summed E-state index contributed by atoms with van der Waals surface area (Å²) >= 11 is 0. The van der Waals surface area contributed by atoms with Crippen LogP contribution in [0.2, 0.25) is 0 Å². The molecule has 1 aromatic heterocycles. The molecule has 0 aromatic carbocycles. The molecule has 1 aromatic rings. The Morgan fingerprint density at radius 3 is 3.00 bits per heavy atom. The van der Waals surface area contributed by atoms with Crippen LogP contribution in [0.15, 0.2) is 16.5 Å². The van der Waals surface area contributed by atoms with E-state index in [1.807, 2.05) is 13.0 Å². The fourth-order valence-corrected chi connectivity index (χ4v) is 1.86. The monoisotopic (exact) mass is 223 g/mol. The lowest BCUT2D eigenvalue weighted by Gasteiger charge is -2.31. The van der Waals surface area contributed by atoms with Crippen LogP contribution >= 0.6 is 0 Å². The summed E-state index contributed by atoms with van der Waals surface area (Å²) in [6.45, 7) is 5.83. The Hall–Kier alpha value is -1.29. The van der Waals surface area contributed by atoms with Crippen LogP contribution in [0.1, 0.15) is 29.7 Å². The Morgan fingerprint density at radius 1 is 1.56 bits per heavy atom. The number of rotatable bonds is 2. The average molecular weight is 223 g/mol. The van der Waals surface area contributed by atoms with Gasteiger partial charge in [-0.15, -0.1) is 0 Å². The molecule has 1 aliphatic rings. The molecule has 4 heteroatoms. The quantitative estimate of drug-likeness (QED) is 0.768. The summed E-state index contributed by atoms with van der Waals surface area (Å²) in [5, 5.41) is 0. The van der Waals surface area contributed by atoms with Crippen molar-refractivity contribution in [3.8, 4) is 0 Å². The van der Waals surface area contributed by atoms with E-state index < -0.39 is 0 Å². The van der Waals surface area contributed by atoms with Gasteiger partial charge in [0.1, 0.15) is 5.76 Å². The zero-order chi connectivity index (χ0) is 11.5. The summed E-state index contributed by atoms with van der Waals surface area (Å²) in [5.74, 6) is 1.16. The highest BCUT2D eigenvalue weighted by Crippen LogP contribution is 2.14. The van der Waals surface area contributed by atoms with E-state index in [2.05, 4.69) is 6.92 Å². The maximum absolute atomic E-state index is 12.1. The van der Waals surface area contributed by atoms with Crippen molar-refractivity contribution in [3.63, 3.8) is 0 Å². The number of ether oxygens (including phenoxy) is 1. The van der Waals surface area contributed by atoms with Crippen molar-refractivity contribution in [1.29, 1.82) is 0 Å². The molecule has 2 heterocycles. The second-order valence-corrected chi connectivity index (χ2v) is 4.06. The molecule has 2 rings (SSSR count). The van der Waals surface area contributed by atoms with Crippen LogP contribution in [0.5, 0.6) is 0 Å². The van der Waals surface area contributed by atoms with Gasteiger partial charge in [0.25, 0.3) is 5.91 Å². The normalized spacial score (nSPS) is 21.1. The molecule has 0 bridgehead atoms. The van der Waals surface area contributed by atoms with E-state index in [1.54, 1.807) is 11.0 Å². The zero-order valence-corrected chi connectivity index (χ0v) is 9.73. The maximum atomic E-state index is 12.1. The van der Waals surface area contributed by atoms with Crippen molar-refractivity contribution < 1.29 is 13.9 Å². The third-order valence-electron chi connectivity index (χ3n) is 2.83. The first-order chi connectivity index (χ1) is 7.70. The molecule has 0 unspecified atom stereocenters. The molecule has 0 spiro atoms. The Morgan fingerprint density at radius 2 is 2.38 bits per heavy atom. The van der Waals surface area contributed by atoms with E-state index >= 15 is 0 Å². The van der Waals surface area contributed by atoms with Gasteiger partial charge in [0, 0.05) is 13.1 Å². The molecule has 1 atom stereocenters. The summed E-state index contributed by atoms with van der Waals surface area (Å²) in [6.07, 6.45) is 1.09. The summed E-state index contributed by atoms with van der Waals surface area (Å²) < 4.78 is 10.9. The number of amides is 1. The molecule has 0 saturated carbocycles. The van der Waals surface area contributed by atoms with E-state index in [-0.39, 0.29) is 12.0 Å². The molecule has 0 N–H and O–H groups in total. The van der Waals surface area contributed by atoms with Crippen LogP contribution in [-0.4, -0.2) is 36.6 Å². The highest BCUT2D eigenvalue weighted by Gasteiger charge is 2.25. The first-order valence-corrected chi connectivity index (χ1v) is 5.68. The predicted octanol–water partition coefficient (Wildman–Crippen LogP) is 1.84. The summed E-state index contributed by atoms with van der Waals surface area (Å²) in [7, 11) is 0. The van der Waals surface area contributed by atoms with E-state index in [0.29, 0.717) is 25.5 Å². The van der Waals surface area contributed by atoms with E-state index in [9.17, 15) is 4.79 Å². The fourth-order valence-electron chi connectivity index (χ4n) is 1.86. The maximum Gasteiger partial charge on any atom is 0.289 e. The molecule has 16 heavy (non-hydrogen) atoms. The third kappa shape index (κ3) is 2.27. The minimum Gasteiger partial charge on any atom is -0.456 e. The van der Waals surface area contributed by atoms with Crippen molar-refractivity contribution in [2.24, 2.45) is 0 Å². The lowest BCUT2D eigenvalue weighted by molar-refractivity contribution is -0.0235. The molecule has 1 fully saturated rings. The number of aryl methyl sites for hydroxylation is 1. The number of nitrogens with zero attached hydrogens (tertiary/aromatic N) is 1. The SMILES string of the molecule is CC[C@@H]1CN(C(=O)c2ccc(C)o2)CCO1. The lowest BCUT2D eigenvalue weighted by Crippen LogP contribution is -2.45. The van der Waals surface area contributed by atoms with Crippen LogP contribution in [0.3, 0.4) is 0 Å². The van der Waals surface area contributed by atoms with Crippen LogP contribution < -0.4 is 0 Å². The van der Waals surface area contributed by atoms with Crippen molar-refractivity contribution in [1.82, 2.24) is 4.90 Å². The van der Waals surface area contributed by atoms with Crippen molar-refractivity contribution in [3.05, 3.63) is 23.7 Å². The van der Waals surface area contributed by atoms with Crippen LogP contribution in [-0.2, 0) is 4.74 Å². The van der Waals surface area contributed by atoms with Gasteiger partial charge >= 0.3 is 0 Å². The van der Waals surface area contributed by atoms with Crippen molar-refractivity contribution in [2.75, 3.05) is 19.7 Å². The zero-order valence-electron chi connectivity index (χ0n) is 9.73. The second-order valence-electron chi connectivity index (χ2n) is 4.06. The van der Waals surface area contributed by atoms with Gasteiger partial charge in [0.2, 0.25) is 0 Å². The Balaban J connectivity index is 2.04. The van der Waals surface area contributed by atoms with Gasteiger partial charge in [0.05, 0.1) is 12.7 Å². The summed E-state index contributed by atoms with van der Waals surface area (Å²) in [5.41, 5.74) is 0. The van der Waals surface area contributed by atoms with Gasteiger partial charge in [-0.25, -0.2) is 0 Å². The standard InChI is InChI=1S/C12H17NO3/c1-3-10-8-13(6-7-15-10)12(14)11-5-4-9(2)16-11/h4-5,10H,3,6-8H2,1-2H3/t10-/m1/s1. The topological polar surface area (TPSA) is 42.7 Å². The number of morpholine rings is 1. The second kappa shape index (κ2) is 4.70. The Labute approximate surface area is 95.2 Å². The average Bonchev–Trinajstić information content (AvgIpc) is 2.75. The minimum absolute atomic E-state index is 0.0325. The van der Waals surface area contributed by atoms with Crippen molar-refractivity contribution in [2.45, 2.75) is 26.4 Å². The highest BCUT2D eigenvalue weighted by molar-refractivity contribution is 5.91. The molecule has 0 radical (unpaired) electrons. The predicted molar refractivity (Wildman–Crippen MR) is 59.4 cm³/mol. The van der Waals surface area contributed by atoms with E-state index in [0.717, 1.165) is 12.2 Å². The molecule has 1 saturated heterocycles. The largest absolute Gasteiger partial charge is 0.456 e. The minimum atomic E-state index is -0.0325. The van der Waals surface area contributed by atoms with Crippen LogP contribution in [0.4, 0.5) is 0 Å². The summed E-state index contributed by atoms with van der Waals surface area (Å²) in [4.78, 5) is 13.9. The number of hydrogen-bond acceptors (Lipinski definition) is 3. The third-order valence-corrected chi connectivity index (χ3v) is 2.83. The van der Waals surface area contributed by atoms with Crippen LogP contribution in [0.25, 0.3) is 0 Å². The first kappa shape index (κ1) is 11.2. The van der Waals surface area contributed by atoms with Gasteiger partial charge in [0.15, 0.2) is 5.76 Å². The number of hydrogen-bond donors (Lipinski definition) is 0. The summed E-state index contributed by atoms with van der Waals surface area (Å²) in [6, 6.07) is 3.54. The molecular weight excluding hydrogens is 206 g/mol. The molecule has 0 aliphatic carbocycles. The van der Waals surface area contributed by atoms with Gasteiger partial charge < -0.3 is 14.1 Å². The number of carbonyl (C=O) groups excluding carboxylic acids is 1. The van der Waals surface area contributed by atoms with Gasteiger partial charge in [-0.2, -0.15) is 0 Å². The first-order valence-electron chi connectivity index (χ1n) is 5.68. The Kier molecular flexibility index (Phi) is 3.29. The van der Waals surface area contributed by atoms with Gasteiger partial charge in [-0.3, -0.25) is 4.79 Å². The molecule has 4 nitrogen and oxygen atoms in total. The fraction of sp³-hybridized carbons (Fsp3) is 0.583. The number of carbonyl (C=O) groups is 1. The lowest BCUT2D eigenvalue weighted by atomic mass is 10.2. The smallest absolute Gasteiger partial charge is 0.289 e.